The van der Waals surface area contributed by atoms with E-state index in [1.807, 2.05) is 30.3 Å². The van der Waals surface area contributed by atoms with Gasteiger partial charge in [-0.3, -0.25) is 0 Å². The maximum absolute atomic E-state index is 9.80. The number of aliphatic hydroxyl groups excluding tert-OH is 1. The smallest absolute Gasteiger partial charge is 0.0790 e. The van der Waals surface area contributed by atoms with Gasteiger partial charge in [-0.1, -0.05) is 56.7 Å². The highest BCUT2D eigenvalue weighted by atomic mass is 16.3. The van der Waals surface area contributed by atoms with Crippen LogP contribution in [0.15, 0.2) is 36.9 Å². The van der Waals surface area contributed by atoms with E-state index >= 15 is 0 Å². The molecule has 0 heterocycles. The average molecular weight is 190 g/mol. The monoisotopic (exact) mass is 190 g/mol. The van der Waals surface area contributed by atoms with E-state index < -0.39 is 6.10 Å². The number of benzene rings is 1. The molecule has 1 aromatic carbocycles. The van der Waals surface area contributed by atoms with Gasteiger partial charge in [0.2, 0.25) is 0 Å². The highest BCUT2D eigenvalue weighted by Gasteiger charge is 2.09. The van der Waals surface area contributed by atoms with Crippen LogP contribution < -0.4 is 0 Å². The van der Waals surface area contributed by atoms with Gasteiger partial charge in [-0.05, 0) is 17.6 Å². The van der Waals surface area contributed by atoms with Gasteiger partial charge >= 0.3 is 0 Å². The maximum atomic E-state index is 9.80. The predicted molar refractivity (Wildman–Crippen MR) is 61.0 cm³/mol. The van der Waals surface area contributed by atoms with Crippen LogP contribution in [0.1, 0.15) is 31.7 Å². The third-order valence-electron chi connectivity index (χ3n) is 2.38. The molecule has 0 radical (unpaired) electrons. The summed E-state index contributed by atoms with van der Waals surface area (Å²) >= 11 is 0. The topological polar surface area (TPSA) is 20.2 Å². The van der Waals surface area contributed by atoms with Gasteiger partial charge in [-0.2, -0.15) is 0 Å². The van der Waals surface area contributed by atoms with Crippen LogP contribution in [0.5, 0.6) is 0 Å². The molecule has 0 aliphatic rings. The third-order valence-corrected chi connectivity index (χ3v) is 2.38. The predicted octanol–water partition coefficient (Wildman–Crippen LogP) is 3.25. The number of hydrogen-bond acceptors (Lipinski definition) is 1. The normalized spacial score (nSPS) is 12.4. The lowest BCUT2D eigenvalue weighted by Gasteiger charge is -2.13. The SMILES string of the molecule is C=C(c1ccccc1)C(O)CCCC. The molecule has 1 nitrogen and oxygen atoms in total. The molecular weight excluding hydrogens is 172 g/mol. The number of aliphatic hydroxyl groups is 1. The Morgan fingerprint density at radius 2 is 2.00 bits per heavy atom. The van der Waals surface area contributed by atoms with Gasteiger partial charge in [0.1, 0.15) is 0 Å². The van der Waals surface area contributed by atoms with Crippen molar-refractivity contribution in [1.29, 1.82) is 0 Å². The number of rotatable bonds is 5. The Hall–Kier alpha value is -1.08. The Morgan fingerprint density at radius 3 is 2.57 bits per heavy atom. The fourth-order valence-corrected chi connectivity index (χ4v) is 1.42. The first-order chi connectivity index (χ1) is 6.75. The van der Waals surface area contributed by atoms with Crippen LogP contribution in [0.3, 0.4) is 0 Å². The van der Waals surface area contributed by atoms with Crippen molar-refractivity contribution in [2.45, 2.75) is 32.3 Å². The first-order valence-corrected chi connectivity index (χ1v) is 5.18. The Bertz CT molecular complexity index is 277. The molecule has 1 aromatic rings. The van der Waals surface area contributed by atoms with Crippen molar-refractivity contribution in [2.24, 2.45) is 0 Å². The van der Waals surface area contributed by atoms with Crippen LogP contribution >= 0.6 is 0 Å². The number of unbranched alkanes of at least 4 members (excludes halogenated alkanes) is 1. The molecule has 0 saturated carbocycles. The van der Waals surface area contributed by atoms with Crippen LogP contribution in [-0.4, -0.2) is 11.2 Å². The van der Waals surface area contributed by atoms with E-state index in [0.29, 0.717) is 0 Å². The molecule has 0 aliphatic carbocycles. The molecule has 0 spiro atoms. The van der Waals surface area contributed by atoms with Crippen molar-refractivity contribution in [2.75, 3.05) is 0 Å². The van der Waals surface area contributed by atoms with Gasteiger partial charge in [0.15, 0.2) is 0 Å². The average Bonchev–Trinajstić information content (AvgIpc) is 2.26. The molecule has 1 heteroatoms. The lowest BCUT2D eigenvalue weighted by atomic mass is 9.99. The van der Waals surface area contributed by atoms with E-state index in [0.717, 1.165) is 30.4 Å². The van der Waals surface area contributed by atoms with Gasteiger partial charge < -0.3 is 5.11 Å². The van der Waals surface area contributed by atoms with Crippen LogP contribution in [0.4, 0.5) is 0 Å². The Kier molecular flexibility index (Phi) is 4.41. The molecule has 0 fully saturated rings. The van der Waals surface area contributed by atoms with Crippen molar-refractivity contribution < 1.29 is 5.11 Å². The van der Waals surface area contributed by atoms with E-state index in [9.17, 15) is 5.11 Å². The van der Waals surface area contributed by atoms with Gasteiger partial charge in [-0.25, -0.2) is 0 Å². The summed E-state index contributed by atoms with van der Waals surface area (Å²) in [7, 11) is 0. The van der Waals surface area contributed by atoms with Crippen molar-refractivity contribution >= 4 is 5.57 Å². The zero-order chi connectivity index (χ0) is 10.4. The molecule has 0 bridgehead atoms. The van der Waals surface area contributed by atoms with Crippen molar-refractivity contribution in [3.05, 3.63) is 42.5 Å². The molecule has 0 aliphatic heterocycles. The molecule has 76 valence electrons. The maximum Gasteiger partial charge on any atom is 0.0790 e. The Morgan fingerprint density at radius 1 is 1.36 bits per heavy atom. The summed E-state index contributed by atoms with van der Waals surface area (Å²) in [6.07, 6.45) is 2.58. The highest BCUT2D eigenvalue weighted by Crippen LogP contribution is 2.19. The molecule has 14 heavy (non-hydrogen) atoms. The summed E-state index contributed by atoms with van der Waals surface area (Å²) in [6.45, 7) is 6.05. The van der Waals surface area contributed by atoms with E-state index in [-0.39, 0.29) is 0 Å². The highest BCUT2D eigenvalue weighted by molar-refractivity contribution is 5.66. The molecule has 1 rings (SSSR count). The minimum Gasteiger partial charge on any atom is -0.388 e. The molecule has 1 atom stereocenters. The minimum absolute atomic E-state index is 0.391. The first-order valence-electron chi connectivity index (χ1n) is 5.18. The summed E-state index contributed by atoms with van der Waals surface area (Å²) in [5, 5.41) is 9.80. The van der Waals surface area contributed by atoms with E-state index in [1.165, 1.54) is 0 Å². The molecule has 0 aromatic heterocycles. The van der Waals surface area contributed by atoms with E-state index in [4.69, 9.17) is 0 Å². The van der Waals surface area contributed by atoms with E-state index in [2.05, 4.69) is 13.5 Å². The summed E-state index contributed by atoms with van der Waals surface area (Å²) in [5.74, 6) is 0. The number of hydrogen-bond donors (Lipinski definition) is 1. The zero-order valence-electron chi connectivity index (χ0n) is 8.74. The zero-order valence-corrected chi connectivity index (χ0v) is 8.74. The standard InChI is InChI=1S/C13H18O/c1-3-4-10-13(14)11(2)12-8-6-5-7-9-12/h5-9,13-14H,2-4,10H2,1H3. The quantitative estimate of drug-likeness (QED) is 0.755. The fraction of sp³-hybridized carbons (Fsp3) is 0.385. The second kappa shape index (κ2) is 5.61. The summed E-state index contributed by atoms with van der Waals surface area (Å²) < 4.78 is 0. The molecule has 0 amide bonds. The van der Waals surface area contributed by atoms with Crippen molar-refractivity contribution in [1.82, 2.24) is 0 Å². The first kappa shape index (κ1) is 11.0. The molecular formula is C13H18O. The van der Waals surface area contributed by atoms with Gasteiger partial charge in [-0.15, -0.1) is 0 Å². The van der Waals surface area contributed by atoms with Gasteiger partial charge in [0, 0.05) is 0 Å². The lowest BCUT2D eigenvalue weighted by molar-refractivity contribution is 0.218. The Balaban J connectivity index is 2.57. The van der Waals surface area contributed by atoms with Crippen LogP contribution in [0, 0.1) is 0 Å². The molecule has 1 unspecified atom stereocenters. The fourth-order valence-electron chi connectivity index (χ4n) is 1.42. The van der Waals surface area contributed by atoms with Crippen LogP contribution in [0.2, 0.25) is 0 Å². The molecule has 0 saturated heterocycles. The van der Waals surface area contributed by atoms with Crippen LogP contribution in [-0.2, 0) is 0 Å². The van der Waals surface area contributed by atoms with Crippen molar-refractivity contribution in [3.63, 3.8) is 0 Å². The molecule has 1 N–H and O–H groups in total. The van der Waals surface area contributed by atoms with Crippen molar-refractivity contribution in [3.8, 4) is 0 Å². The summed E-state index contributed by atoms with van der Waals surface area (Å²) in [6, 6.07) is 9.87. The summed E-state index contributed by atoms with van der Waals surface area (Å²) in [5.41, 5.74) is 1.87. The summed E-state index contributed by atoms with van der Waals surface area (Å²) in [4.78, 5) is 0. The van der Waals surface area contributed by atoms with Gasteiger partial charge in [0.25, 0.3) is 0 Å². The second-order valence-electron chi connectivity index (χ2n) is 3.55. The third kappa shape index (κ3) is 3.00. The van der Waals surface area contributed by atoms with Crippen LogP contribution in [0.25, 0.3) is 5.57 Å². The largest absolute Gasteiger partial charge is 0.388 e. The minimum atomic E-state index is -0.391. The second-order valence-corrected chi connectivity index (χ2v) is 3.55. The van der Waals surface area contributed by atoms with E-state index in [1.54, 1.807) is 0 Å². The van der Waals surface area contributed by atoms with Gasteiger partial charge in [0.05, 0.1) is 6.10 Å². The Labute approximate surface area is 86.1 Å². The lowest BCUT2D eigenvalue weighted by Crippen LogP contribution is -2.08.